The van der Waals surface area contributed by atoms with Crippen molar-refractivity contribution < 1.29 is 4.79 Å². The zero-order valence-corrected chi connectivity index (χ0v) is 19.4. The van der Waals surface area contributed by atoms with Crippen molar-refractivity contribution in [3.63, 3.8) is 0 Å². The van der Waals surface area contributed by atoms with Gasteiger partial charge in [-0.15, -0.1) is 0 Å². The first-order chi connectivity index (χ1) is 15.2. The molecule has 2 atom stereocenters. The molecular formula is C25H32N6O. The van der Waals surface area contributed by atoms with Gasteiger partial charge in [0.2, 0.25) is 0 Å². The van der Waals surface area contributed by atoms with E-state index in [0.29, 0.717) is 18.0 Å². The molecule has 1 amide bonds. The highest BCUT2D eigenvalue weighted by Crippen LogP contribution is 2.39. The molecule has 1 saturated carbocycles. The number of aryl methyl sites for hydroxylation is 1. The molecule has 1 aromatic carbocycles. The van der Waals surface area contributed by atoms with Crippen LogP contribution in [0.2, 0.25) is 0 Å². The number of para-hydroxylation sites is 1. The fourth-order valence-corrected chi connectivity index (χ4v) is 4.87. The molecule has 0 spiro atoms. The van der Waals surface area contributed by atoms with Crippen molar-refractivity contribution in [3.8, 4) is 11.4 Å². The molecule has 7 heteroatoms. The van der Waals surface area contributed by atoms with Gasteiger partial charge >= 0.3 is 0 Å². The molecule has 1 saturated heterocycles. The van der Waals surface area contributed by atoms with Crippen molar-refractivity contribution in [3.05, 3.63) is 41.7 Å². The van der Waals surface area contributed by atoms with E-state index in [1.54, 1.807) is 6.20 Å². The molecule has 3 N–H and O–H groups in total. The van der Waals surface area contributed by atoms with Crippen LogP contribution in [0.15, 0.2) is 30.6 Å². The Labute approximate surface area is 189 Å². The van der Waals surface area contributed by atoms with E-state index < -0.39 is 0 Å². The number of carbonyl (C=O) groups excluding carboxylic acids is 1. The van der Waals surface area contributed by atoms with Gasteiger partial charge in [-0.3, -0.25) is 9.78 Å². The number of hydrogen-bond acceptors (Lipinski definition) is 5. The second kappa shape index (κ2) is 7.59. The summed E-state index contributed by atoms with van der Waals surface area (Å²) >= 11 is 0. The van der Waals surface area contributed by atoms with Gasteiger partial charge in [0.05, 0.1) is 27.8 Å². The minimum absolute atomic E-state index is 0.00617. The van der Waals surface area contributed by atoms with Gasteiger partial charge in [-0.25, -0.2) is 4.98 Å². The molecule has 3 heterocycles. The molecule has 32 heavy (non-hydrogen) atoms. The molecule has 5 rings (SSSR count). The Balaban J connectivity index is 1.63. The van der Waals surface area contributed by atoms with Gasteiger partial charge in [0, 0.05) is 44.1 Å². The summed E-state index contributed by atoms with van der Waals surface area (Å²) in [7, 11) is 1.91. The second-order valence-corrected chi connectivity index (χ2v) is 9.96. The third-order valence-electron chi connectivity index (χ3n) is 7.17. The quantitative estimate of drug-likeness (QED) is 0.641. The van der Waals surface area contributed by atoms with Crippen molar-refractivity contribution in [2.75, 3.05) is 25.0 Å². The molecule has 1 aliphatic heterocycles. The van der Waals surface area contributed by atoms with Crippen molar-refractivity contribution in [2.24, 2.45) is 11.7 Å². The highest BCUT2D eigenvalue weighted by Gasteiger charge is 2.37. The standard InChI is InChI=1S/C25H32N6O/c1-15-6-5-7-20-21(15)29-23(28-20)18-12-27-13-19(22(18)31-11-10-25(3,26)14-31)24(32)30(4)16(2)17-8-9-17/h5-7,12-13,16-17H,8-11,14,26H2,1-4H3,(H,28,29)/t16?,25-/m0/s1. The zero-order chi connectivity index (χ0) is 22.6. The van der Waals surface area contributed by atoms with E-state index in [1.165, 1.54) is 12.8 Å². The minimum Gasteiger partial charge on any atom is -0.368 e. The lowest BCUT2D eigenvalue weighted by Crippen LogP contribution is -2.40. The number of imidazole rings is 1. The summed E-state index contributed by atoms with van der Waals surface area (Å²) in [5.74, 6) is 1.34. The van der Waals surface area contributed by atoms with E-state index in [0.717, 1.165) is 46.6 Å². The first-order valence-electron chi connectivity index (χ1n) is 11.5. The Kier molecular flexibility index (Phi) is 4.97. The first kappa shape index (κ1) is 20.9. The number of hydrogen-bond donors (Lipinski definition) is 2. The monoisotopic (exact) mass is 432 g/mol. The number of amides is 1. The largest absolute Gasteiger partial charge is 0.368 e. The molecule has 2 aliphatic rings. The van der Waals surface area contributed by atoms with Crippen LogP contribution in [0.5, 0.6) is 0 Å². The molecule has 2 fully saturated rings. The van der Waals surface area contributed by atoms with Crippen LogP contribution in [-0.4, -0.2) is 57.5 Å². The van der Waals surface area contributed by atoms with Crippen LogP contribution in [0.4, 0.5) is 5.69 Å². The lowest BCUT2D eigenvalue weighted by atomic mass is 10.0. The van der Waals surface area contributed by atoms with Crippen LogP contribution in [0, 0.1) is 12.8 Å². The summed E-state index contributed by atoms with van der Waals surface area (Å²) < 4.78 is 0. The van der Waals surface area contributed by atoms with Gasteiger partial charge in [-0.1, -0.05) is 12.1 Å². The van der Waals surface area contributed by atoms with E-state index in [1.807, 2.05) is 30.3 Å². The third-order valence-corrected chi connectivity index (χ3v) is 7.17. The van der Waals surface area contributed by atoms with Crippen LogP contribution < -0.4 is 10.6 Å². The topological polar surface area (TPSA) is 91.1 Å². The smallest absolute Gasteiger partial charge is 0.257 e. The van der Waals surface area contributed by atoms with Crippen LogP contribution in [0.3, 0.4) is 0 Å². The van der Waals surface area contributed by atoms with Crippen molar-refractivity contribution in [1.29, 1.82) is 0 Å². The average molecular weight is 433 g/mol. The summed E-state index contributed by atoms with van der Waals surface area (Å²) in [5.41, 5.74) is 11.6. The molecule has 2 aromatic heterocycles. The molecule has 0 radical (unpaired) electrons. The van der Waals surface area contributed by atoms with Gasteiger partial charge < -0.3 is 20.5 Å². The summed E-state index contributed by atoms with van der Waals surface area (Å²) in [6, 6.07) is 6.32. The highest BCUT2D eigenvalue weighted by molar-refractivity contribution is 6.03. The van der Waals surface area contributed by atoms with Crippen LogP contribution in [-0.2, 0) is 0 Å². The number of nitrogens with one attached hydrogen (secondary N) is 1. The number of aromatic nitrogens is 3. The minimum atomic E-state index is -0.293. The molecule has 1 unspecified atom stereocenters. The van der Waals surface area contributed by atoms with E-state index >= 15 is 0 Å². The Morgan fingerprint density at radius 3 is 2.78 bits per heavy atom. The fraction of sp³-hybridized carbons (Fsp3) is 0.480. The number of pyridine rings is 1. The van der Waals surface area contributed by atoms with Crippen LogP contribution in [0.25, 0.3) is 22.4 Å². The van der Waals surface area contributed by atoms with Gasteiger partial charge in [0.1, 0.15) is 5.82 Å². The zero-order valence-electron chi connectivity index (χ0n) is 19.4. The Morgan fingerprint density at radius 2 is 2.12 bits per heavy atom. The predicted molar refractivity (Wildman–Crippen MR) is 128 cm³/mol. The summed E-state index contributed by atoms with van der Waals surface area (Å²) in [6.45, 7) is 7.75. The van der Waals surface area contributed by atoms with Crippen molar-refractivity contribution in [1.82, 2.24) is 19.9 Å². The molecular weight excluding hydrogens is 400 g/mol. The van der Waals surface area contributed by atoms with Crippen molar-refractivity contribution in [2.45, 2.75) is 51.6 Å². The van der Waals surface area contributed by atoms with Crippen molar-refractivity contribution >= 4 is 22.6 Å². The van der Waals surface area contributed by atoms with Crippen LogP contribution in [0.1, 0.15) is 49.0 Å². The number of H-pyrrole nitrogens is 1. The maximum atomic E-state index is 13.7. The maximum Gasteiger partial charge on any atom is 0.257 e. The van der Waals surface area contributed by atoms with E-state index in [2.05, 4.69) is 41.7 Å². The molecule has 7 nitrogen and oxygen atoms in total. The van der Waals surface area contributed by atoms with E-state index in [-0.39, 0.29) is 17.5 Å². The SMILES string of the molecule is Cc1cccc2[nH]c(-c3cncc(C(=O)N(C)C(C)C4CC4)c3N3CC[C@](C)(N)C3)nc12. The average Bonchev–Trinajstić information content (AvgIpc) is 3.42. The molecule has 168 valence electrons. The summed E-state index contributed by atoms with van der Waals surface area (Å²) in [4.78, 5) is 30.6. The number of aromatic amines is 1. The van der Waals surface area contributed by atoms with Gasteiger partial charge in [-0.2, -0.15) is 0 Å². The summed E-state index contributed by atoms with van der Waals surface area (Å²) in [6.07, 6.45) is 6.78. The summed E-state index contributed by atoms with van der Waals surface area (Å²) in [5, 5.41) is 0. The molecule has 0 bridgehead atoms. The lowest BCUT2D eigenvalue weighted by molar-refractivity contribution is 0.0727. The maximum absolute atomic E-state index is 13.7. The van der Waals surface area contributed by atoms with Gasteiger partial charge in [0.15, 0.2) is 0 Å². The highest BCUT2D eigenvalue weighted by atomic mass is 16.2. The normalized spacial score (nSPS) is 21.8. The Morgan fingerprint density at radius 1 is 1.34 bits per heavy atom. The van der Waals surface area contributed by atoms with Crippen LogP contribution >= 0.6 is 0 Å². The molecule has 1 aliphatic carbocycles. The van der Waals surface area contributed by atoms with Gasteiger partial charge in [0.25, 0.3) is 5.91 Å². The number of fused-ring (bicyclic) bond motifs is 1. The number of rotatable bonds is 5. The number of nitrogens with zero attached hydrogens (tertiary/aromatic N) is 4. The second-order valence-electron chi connectivity index (χ2n) is 9.96. The number of carbonyl (C=O) groups is 1. The number of anilines is 1. The van der Waals surface area contributed by atoms with Gasteiger partial charge in [-0.05, 0) is 57.6 Å². The Hall–Kier alpha value is -2.93. The fourth-order valence-electron chi connectivity index (χ4n) is 4.87. The lowest BCUT2D eigenvalue weighted by Gasteiger charge is -2.29. The van der Waals surface area contributed by atoms with E-state index in [9.17, 15) is 4.79 Å². The Bertz CT molecular complexity index is 1180. The predicted octanol–water partition coefficient (Wildman–Crippen LogP) is 3.73. The number of benzene rings is 1. The first-order valence-corrected chi connectivity index (χ1v) is 11.5. The third kappa shape index (κ3) is 3.64. The van der Waals surface area contributed by atoms with E-state index in [4.69, 9.17) is 10.7 Å². The molecule has 3 aromatic rings. The number of nitrogens with two attached hydrogens (primary N) is 1.